The highest BCUT2D eigenvalue weighted by Gasteiger charge is 2.30. The van der Waals surface area contributed by atoms with Crippen LogP contribution in [0, 0.1) is 10.1 Å². The normalized spacial score (nSPS) is 21.9. The molecule has 1 N–H and O–H groups in total. The molecule has 1 saturated heterocycles. The van der Waals surface area contributed by atoms with E-state index in [1.54, 1.807) is 0 Å². The van der Waals surface area contributed by atoms with Gasteiger partial charge in [-0.25, -0.2) is 4.98 Å². The molecule has 19 heavy (non-hydrogen) atoms. The lowest BCUT2D eigenvalue weighted by atomic mass is 9.94. The Kier molecular flexibility index (Phi) is 3.91. The number of hydrogen-bond acceptors (Lipinski definition) is 5. The molecule has 104 valence electrons. The van der Waals surface area contributed by atoms with Crippen LogP contribution in [0.3, 0.4) is 0 Å². The van der Waals surface area contributed by atoms with E-state index in [2.05, 4.69) is 10.3 Å². The molecule has 2 rings (SSSR count). The van der Waals surface area contributed by atoms with Crippen LogP contribution in [-0.4, -0.2) is 28.2 Å². The van der Waals surface area contributed by atoms with Crippen molar-refractivity contribution in [3.05, 3.63) is 27.4 Å². The van der Waals surface area contributed by atoms with Crippen molar-refractivity contribution < 1.29 is 9.66 Å². The lowest BCUT2D eigenvalue weighted by molar-refractivity contribution is -0.384. The molecule has 0 radical (unpaired) electrons. The lowest BCUT2D eigenvalue weighted by Gasteiger charge is -2.35. The van der Waals surface area contributed by atoms with Crippen molar-refractivity contribution >= 4 is 23.1 Å². The summed E-state index contributed by atoms with van der Waals surface area (Å²) >= 11 is 5.73. The molecule has 0 aliphatic carbocycles. The van der Waals surface area contributed by atoms with Crippen LogP contribution in [0.5, 0.6) is 0 Å². The Hall–Kier alpha value is -1.40. The standard InChI is InChI=1S/C12H16ClN3O3/c1-12(2)6-9(3-4-19-12)15-11-10(16(17)18)5-8(13)7-14-11/h5,7,9H,3-4,6H2,1-2H3,(H,14,15). The fraction of sp³-hybridized carbons (Fsp3) is 0.583. The highest BCUT2D eigenvalue weighted by Crippen LogP contribution is 2.30. The predicted molar refractivity (Wildman–Crippen MR) is 72.6 cm³/mol. The van der Waals surface area contributed by atoms with E-state index in [0.717, 1.165) is 12.8 Å². The van der Waals surface area contributed by atoms with Gasteiger partial charge >= 0.3 is 5.69 Å². The Balaban J connectivity index is 2.17. The molecule has 2 heterocycles. The zero-order chi connectivity index (χ0) is 14.0. The van der Waals surface area contributed by atoms with Crippen molar-refractivity contribution in [1.29, 1.82) is 0 Å². The van der Waals surface area contributed by atoms with E-state index in [9.17, 15) is 10.1 Å². The fourth-order valence-electron chi connectivity index (χ4n) is 2.23. The summed E-state index contributed by atoms with van der Waals surface area (Å²) in [5.74, 6) is 0.261. The molecule has 1 unspecified atom stereocenters. The van der Waals surface area contributed by atoms with Crippen molar-refractivity contribution in [3.63, 3.8) is 0 Å². The molecule has 1 aromatic heterocycles. The Morgan fingerprint density at radius 2 is 2.37 bits per heavy atom. The molecule has 1 atom stereocenters. The molecule has 6 nitrogen and oxygen atoms in total. The number of nitrogens with one attached hydrogen (secondary N) is 1. The summed E-state index contributed by atoms with van der Waals surface area (Å²) in [5, 5.41) is 14.4. The van der Waals surface area contributed by atoms with Crippen LogP contribution < -0.4 is 5.32 Å². The van der Waals surface area contributed by atoms with Gasteiger partial charge in [-0.3, -0.25) is 10.1 Å². The molecule has 1 aromatic rings. The van der Waals surface area contributed by atoms with Gasteiger partial charge in [-0.1, -0.05) is 11.6 Å². The van der Waals surface area contributed by atoms with E-state index in [-0.39, 0.29) is 28.2 Å². The summed E-state index contributed by atoms with van der Waals surface area (Å²) in [6.45, 7) is 4.64. The first-order chi connectivity index (χ1) is 8.87. The monoisotopic (exact) mass is 285 g/mol. The average molecular weight is 286 g/mol. The molecule has 0 amide bonds. The summed E-state index contributed by atoms with van der Waals surface area (Å²) in [7, 11) is 0. The first kappa shape index (κ1) is 14.0. The second kappa shape index (κ2) is 5.30. The van der Waals surface area contributed by atoms with Gasteiger partial charge in [0.15, 0.2) is 0 Å². The maximum absolute atomic E-state index is 11.0. The maximum atomic E-state index is 11.0. The van der Waals surface area contributed by atoms with Crippen molar-refractivity contribution in [2.75, 3.05) is 11.9 Å². The number of halogens is 1. The summed E-state index contributed by atoms with van der Waals surface area (Å²) in [5.41, 5.74) is -0.325. The third-order valence-electron chi connectivity index (χ3n) is 3.07. The van der Waals surface area contributed by atoms with Gasteiger partial charge in [-0.2, -0.15) is 0 Å². The third kappa shape index (κ3) is 3.54. The number of nitrogens with zero attached hydrogens (tertiary/aromatic N) is 2. The molecular formula is C12H16ClN3O3. The number of ether oxygens (including phenoxy) is 1. The summed E-state index contributed by atoms with van der Waals surface area (Å²) in [6.07, 6.45) is 2.97. The van der Waals surface area contributed by atoms with E-state index in [1.165, 1.54) is 12.3 Å². The Morgan fingerprint density at radius 1 is 1.63 bits per heavy atom. The van der Waals surface area contributed by atoms with Gasteiger partial charge in [-0.05, 0) is 26.7 Å². The minimum absolute atomic E-state index is 0.100. The van der Waals surface area contributed by atoms with Crippen molar-refractivity contribution in [2.24, 2.45) is 0 Å². The molecule has 0 bridgehead atoms. The highest BCUT2D eigenvalue weighted by molar-refractivity contribution is 6.30. The van der Waals surface area contributed by atoms with Crippen LogP contribution in [0.25, 0.3) is 0 Å². The molecule has 1 aliphatic rings. The first-order valence-electron chi connectivity index (χ1n) is 6.08. The topological polar surface area (TPSA) is 77.3 Å². The zero-order valence-electron chi connectivity index (χ0n) is 10.9. The van der Waals surface area contributed by atoms with E-state index in [1.807, 2.05) is 13.8 Å². The van der Waals surface area contributed by atoms with Gasteiger partial charge in [0.25, 0.3) is 0 Å². The van der Waals surface area contributed by atoms with Gasteiger partial charge in [0.1, 0.15) is 0 Å². The Bertz CT molecular complexity index is 493. The second-order valence-corrected chi connectivity index (χ2v) is 5.66. The summed E-state index contributed by atoms with van der Waals surface area (Å²) in [6, 6.07) is 1.41. The number of rotatable bonds is 3. The molecule has 0 spiro atoms. The van der Waals surface area contributed by atoms with E-state index < -0.39 is 4.92 Å². The number of aromatic nitrogens is 1. The van der Waals surface area contributed by atoms with Crippen molar-refractivity contribution in [3.8, 4) is 0 Å². The minimum Gasteiger partial charge on any atom is -0.375 e. The van der Waals surface area contributed by atoms with Gasteiger partial charge in [0.05, 0.1) is 15.5 Å². The van der Waals surface area contributed by atoms with E-state index >= 15 is 0 Å². The molecule has 7 heteroatoms. The number of nitro groups is 1. The van der Waals surface area contributed by atoms with Crippen LogP contribution in [-0.2, 0) is 4.74 Å². The zero-order valence-corrected chi connectivity index (χ0v) is 11.6. The molecule has 1 aliphatic heterocycles. The van der Waals surface area contributed by atoms with Crippen LogP contribution in [0.15, 0.2) is 12.3 Å². The maximum Gasteiger partial charge on any atom is 0.312 e. The SMILES string of the molecule is CC1(C)CC(Nc2ncc(Cl)cc2[N+](=O)[O-])CCO1. The number of pyridine rings is 1. The van der Waals surface area contributed by atoms with Gasteiger partial charge < -0.3 is 10.1 Å². The minimum atomic E-state index is -0.480. The van der Waals surface area contributed by atoms with E-state index in [4.69, 9.17) is 16.3 Å². The number of hydrogen-bond donors (Lipinski definition) is 1. The number of anilines is 1. The lowest BCUT2D eigenvalue weighted by Crippen LogP contribution is -2.40. The van der Waals surface area contributed by atoms with Crippen LogP contribution >= 0.6 is 11.6 Å². The molecule has 0 saturated carbocycles. The van der Waals surface area contributed by atoms with E-state index in [0.29, 0.717) is 6.61 Å². The van der Waals surface area contributed by atoms with Gasteiger partial charge in [0, 0.05) is 24.9 Å². The highest BCUT2D eigenvalue weighted by atomic mass is 35.5. The molecule has 1 fully saturated rings. The largest absolute Gasteiger partial charge is 0.375 e. The average Bonchev–Trinajstić information content (AvgIpc) is 2.30. The first-order valence-corrected chi connectivity index (χ1v) is 6.46. The van der Waals surface area contributed by atoms with Gasteiger partial charge in [0.2, 0.25) is 5.82 Å². The summed E-state index contributed by atoms with van der Waals surface area (Å²) in [4.78, 5) is 14.5. The van der Waals surface area contributed by atoms with Crippen molar-refractivity contribution in [1.82, 2.24) is 4.98 Å². The Morgan fingerprint density at radius 3 is 3.00 bits per heavy atom. The molecule has 0 aromatic carbocycles. The summed E-state index contributed by atoms with van der Waals surface area (Å²) < 4.78 is 5.61. The molecular weight excluding hydrogens is 270 g/mol. The fourth-order valence-corrected chi connectivity index (χ4v) is 2.38. The van der Waals surface area contributed by atoms with Crippen LogP contribution in [0.1, 0.15) is 26.7 Å². The van der Waals surface area contributed by atoms with Crippen LogP contribution in [0.4, 0.5) is 11.5 Å². The van der Waals surface area contributed by atoms with Crippen LogP contribution in [0.2, 0.25) is 5.02 Å². The Labute approximate surface area is 116 Å². The predicted octanol–water partition coefficient (Wildman–Crippen LogP) is 3.01. The van der Waals surface area contributed by atoms with Gasteiger partial charge in [-0.15, -0.1) is 0 Å². The quantitative estimate of drug-likeness (QED) is 0.682. The third-order valence-corrected chi connectivity index (χ3v) is 3.28. The second-order valence-electron chi connectivity index (χ2n) is 5.22. The smallest absolute Gasteiger partial charge is 0.312 e. The van der Waals surface area contributed by atoms with Crippen molar-refractivity contribution in [2.45, 2.75) is 38.3 Å².